The van der Waals surface area contributed by atoms with E-state index in [1.807, 2.05) is 12.1 Å². The molecule has 2 aromatic carbocycles. The van der Waals surface area contributed by atoms with Crippen molar-refractivity contribution in [3.8, 4) is 0 Å². The van der Waals surface area contributed by atoms with E-state index < -0.39 is 28.8 Å². The summed E-state index contributed by atoms with van der Waals surface area (Å²) in [6.07, 6.45) is -0.0566. The summed E-state index contributed by atoms with van der Waals surface area (Å²) in [5.41, 5.74) is 0.256. The lowest BCUT2D eigenvalue weighted by atomic mass is 10.0. The molecule has 0 amide bonds. The fourth-order valence-corrected chi connectivity index (χ4v) is 1.98. The molecular formula is C14H8F3IO. The molecule has 0 saturated carbocycles. The standard InChI is InChI=1S/C14H8F3IO/c15-11-6-5-10(13(16)14(11)17)12(19)7-8-1-3-9(18)4-2-8/h1-6H,7H2. The van der Waals surface area contributed by atoms with Gasteiger partial charge in [0.25, 0.3) is 0 Å². The van der Waals surface area contributed by atoms with Crippen LogP contribution in [0.5, 0.6) is 0 Å². The molecular weight excluding hydrogens is 368 g/mol. The average Bonchev–Trinajstić information content (AvgIpc) is 2.39. The lowest BCUT2D eigenvalue weighted by Crippen LogP contribution is -2.08. The summed E-state index contributed by atoms with van der Waals surface area (Å²) in [5, 5.41) is 0. The molecule has 0 heterocycles. The minimum atomic E-state index is -1.62. The van der Waals surface area contributed by atoms with Gasteiger partial charge in [0.1, 0.15) is 0 Å². The minimum Gasteiger partial charge on any atom is -0.294 e. The Morgan fingerprint density at radius 2 is 1.58 bits per heavy atom. The van der Waals surface area contributed by atoms with Crippen molar-refractivity contribution in [2.45, 2.75) is 6.42 Å². The van der Waals surface area contributed by atoms with E-state index in [2.05, 4.69) is 22.6 Å². The first kappa shape index (κ1) is 14.0. The Balaban J connectivity index is 2.25. The Labute approximate surface area is 121 Å². The highest BCUT2D eigenvalue weighted by atomic mass is 127. The second-order valence-electron chi connectivity index (χ2n) is 3.95. The third-order valence-corrected chi connectivity index (χ3v) is 3.33. The van der Waals surface area contributed by atoms with Crippen LogP contribution in [0.15, 0.2) is 36.4 Å². The quantitative estimate of drug-likeness (QED) is 0.447. The number of hydrogen-bond donors (Lipinski definition) is 0. The third kappa shape index (κ3) is 3.15. The summed E-state index contributed by atoms with van der Waals surface area (Å²) in [4.78, 5) is 11.9. The predicted octanol–water partition coefficient (Wildman–Crippen LogP) is 4.13. The van der Waals surface area contributed by atoms with E-state index in [4.69, 9.17) is 0 Å². The summed E-state index contributed by atoms with van der Waals surface area (Å²) >= 11 is 2.12. The maximum Gasteiger partial charge on any atom is 0.195 e. The minimum absolute atomic E-state index is 0.0566. The predicted molar refractivity (Wildman–Crippen MR) is 73.5 cm³/mol. The van der Waals surface area contributed by atoms with Gasteiger partial charge in [-0.05, 0) is 52.4 Å². The summed E-state index contributed by atoms with van der Waals surface area (Å²) < 4.78 is 40.3. The number of halogens is 4. The Hall–Kier alpha value is -1.37. The summed E-state index contributed by atoms with van der Waals surface area (Å²) in [7, 11) is 0. The van der Waals surface area contributed by atoms with Crippen molar-refractivity contribution >= 4 is 28.4 Å². The summed E-state index contributed by atoms with van der Waals surface area (Å²) in [6.45, 7) is 0. The molecule has 1 nitrogen and oxygen atoms in total. The van der Waals surface area contributed by atoms with Gasteiger partial charge in [-0.25, -0.2) is 13.2 Å². The Bertz CT molecular complexity index is 623. The highest BCUT2D eigenvalue weighted by Gasteiger charge is 2.18. The molecule has 5 heteroatoms. The van der Waals surface area contributed by atoms with Gasteiger partial charge in [0.2, 0.25) is 0 Å². The molecule has 0 radical (unpaired) electrons. The van der Waals surface area contributed by atoms with Gasteiger partial charge in [-0.15, -0.1) is 0 Å². The zero-order valence-corrected chi connectivity index (χ0v) is 11.7. The average molecular weight is 376 g/mol. The molecule has 2 aromatic rings. The zero-order chi connectivity index (χ0) is 14.0. The topological polar surface area (TPSA) is 17.1 Å². The number of hydrogen-bond acceptors (Lipinski definition) is 1. The van der Waals surface area contributed by atoms with E-state index in [1.54, 1.807) is 12.1 Å². The SMILES string of the molecule is O=C(Cc1ccc(I)cc1)c1ccc(F)c(F)c1F. The molecule has 0 spiro atoms. The molecule has 98 valence electrons. The molecule has 0 aliphatic heterocycles. The number of ketones is 1. The first-order valence-electron chi connectivity index (χ1n) is 5.40. The van der Waals surface area contributed by atoms with Gasteiger partial charge in [0, 0.05) is 9.99 Å². The van der Waals surface area contributed by atoms with Crippen LogP contribution >= 0.6 is 22.6 Å². The lowest BCUT2D eigenvalue weighted by molar-refractivity contribution is 0.0988. The smallest absolute Gasteiger partial charge is 0.195 e. The third-order valence-electron chi connectivity index (χ3n) is 2.61. The molecule has 2 rings (SSSR count). The first-order valence-corrected chi connectivity index (χ1v) is 6.48. The van der Waals surface area contributed by atoms with Crippen LogP contribution in [0.4, 0.5) is 13.2 Å². The lowest BCUT2D eigenvalue weighted by Gasteiger charge is -2.04. The normalized spacial score (nSPS) is 10.5. The van der Waals surface area contributed by atoms with Gasteiger partial charge >= 0.3 is 0 Å². The highest BCUT2D eigenvalue weighted by Crippen LogP contribution is 2.17. The number of rotatable bonds is 3. The Morgan fingerprint density at radius 3 is 2.21 bits per heavy atom. The van der Waals surface area contributed by atoms with Crippen LogP contribution in [-0.4, -0.2) is 5.78 Å². The van der Waals surface area contributed by atoms with E-state index in [0.29, 0.717) is 5.56 Å². The summed E-state index contributed by atoms with van der Waals surface area (Å²) in [5.74, 6) is -4.94. The molecule has 0 bridgehead atoms. The van der Waals surface area contributed by atoms with E-state index in [1.165, 1.54) is 0 Å². The fraction of sp³-hybridized carbons (Fsp3) is 0.0714. The van der Waals surface area contributed by atoms with Gasteiger partial charge in [-0.2, -0.15) is 0 Å². The monoisotopic (exact) mass is 376 g/mol. The van der Waals surface area contributed by atoms with Crippen LogP contribution < -0.4 is 0 Å². The largest absolute Gasteiger partial charge is 0.294 e. The van der Waals surface area contributed by atoms with Gasteiger partial charge in [-0.3, -0.25) is 4.79 Å². The number of carbonyl (C=O) groups is 1. The number of benzene rings is 2. The van der Waals surface area contributed by atoms with Crippen molar-refractivity contribution in [3.05, 3.63) is 68.5 Å². The highest BCUT2D eigenvalue weighted by molar-refractivity contribution is 14.1. The fourth-order valence-electron chi connectivity index (χ4n) is 1.62. The van der Waals surface area contributed by atoms with Crippen molar-refractivity contribution < 1.29 is 18.0 Å². The molecule has 0 aliphatic rings. The van der Waals surface area contributed by atoms with Crippen LogP contribution in [0.1, 0.15) is 15.9 Å². The molecule has 0 aromatic heterocycles. The molecule has 0 atom stereocenters. The van der Waals surface area contributed by atoms with Crippen molar-refractivity contribution in [3.63, 3.8) is 0 Å². The second-order valence-corrected chi connectivity index (χ2v) is 5.19. The molecule has 19 heavy (non-hydrogen) atoms. The number of carbonyl (C=O) groups excluding carboxylic acids is 1. The Morgan fingerprint density at radius 1 is 0.947 bits per heavy atom. The van der Waals surface area contributed by atoms with E-state index in [9.17, 15) is 18.0 Å². The molecule has 0 aliphatic carbocycles. The maximum absolute atomic E-state index is 13.4. The maximum atomic E-state index is 13.4. The van der Waals surface area contributed by atoms with Crippen LogP contribution in [0.3, 0.4) is 0 Å². The van der Waals surface area contributed by atoms with E-state index in [-0.39, 0.29) is 6.42 Å². The number of Topliss-reactive ketones (excluding diaryl/α,β-unsaturated/α-hetero) is 1. The zero-order valence-electron chi connectivity index (χ0n) is 9.59. The van der Waals surface area contributed by atoms with Gasteiger partial charge in [0.05, 0.1) is 5.56 Å². The van der Waals surface area contributed by atoms with Crippen LogP contribution in [-0.2, 0) is 6.42 Å². The van der Waals surface area contributed by atoms with E-state index in [0.717, 1.165) is 15.7 Å². The van der Waals surface area contributed by atoms with Crippen molar-refractivity contribution in [2.24, 2.45) is 0 Å². The van der Waals surface area contributed by atoms with Crippen LogP contribution in [0.25, 0.3) is 0 Å². The van der Waals surface area contributed by atoms with Gasteiger partial charge < -0.3 is 0 Å². The molecule has 0 fully saturated rings. The van der Waals surface area contributed by atoms with Crippen LogP contribution in [0, 0.1) is 21.0 Å². The van der Waals surface area contributed by atoms with Gasteiger partial charge in [0.15, 0.2) is 23.2 Å². The van der Waals surface area contributed by atoms with Crippen molar-refractivity contribution in [1.82, 2.24) is 0 Å². The van der Waals surface area contributed by atoms with Crippen LogP contribution in [0.2, 0.25) is 0 Å². The second kappa shape index (κ2) is 5.73. The molecule has 0 saturated heterocycles. The molecule has 0 N–H and O–H groups in total. The van der Waals surface area contributed by atoms with Crippen molar-refractivity contribution in [2.75, 3.05) is 0 Å². The first-order chi connectivity index (χ1) is 8.99. The van der Waals surface area contributed by atoms with E-state index >= 15 is 0 Å². The summed E-state index contributed by atoms with van der Waals surface area (Å²) in [6, 6.07) is 8.80. The van der Waals surface area contributed by atoms with Gasteiger partial charge in [-0.1, -0.05) is 12.1 Å². The Kier molecular flexibility index (Phi) is 4.24. The molecule has 0 unspecified atom stereocenters. The van der Waals surface area contributed by atoms with Crippen molar-refractivity contribution in [1.29, 1.82) is 0 Å².